The van der Waals surface area contributed by atoms with Crippen LogP contribution in [0.3, 0.4) is 0 Å². The third-order valence-electron chi connectivity index (χ3n) is 17.1. The van der Waals surface area contributed by atoms with Gasteiger partial charge in [-0.15, -0.1) is 11.6 Å². The Balaban J connectivity index is 0.000000490. The van der Waals surface area contributed by atoms with Gasteiger partial charge >= 0.3 is 29.6 Å². The van der Waals surface area contributed by atoms with Crippen molar-refractivity contribution in [1.82, 2.24) is 0 Å². The van der Waals surface area contributed by atoms with Gasteiger partial charge in [-0.2, -0.15) is 13.8 Å². The summed E-state index contributed by atoms with van der Waals surface area (Å²) in [7, 11) is -2.16. The SMILES string of the molecule is CC(C)C1CCCC1P(c1ccccc1)c1ccccc1.CC(C)C1CCCC1P(c1ccccc1)c1ccccc1.CC(C)CCC[Si](C)(C)C1CCCC1.C[CH-]C.C[Si](C)(CCCCl)C1CCCC1.[Fe].[Fe].[Na+]. The summed E-state index contributed by atoms with van der Waals surface area (Å²) in [5, 5.41) is 6.21. The van der Waals surface area contributed by atoms with Crippen molar-refractivity contribution >= 4 is 64.8 Å². The van der Waals surface area contributed by atoms with Gasteiger partial charge in [-0.05, 0) is 121 Å². The van der Waals surface area contributed by atoms with Gasteiger partial charge in [-0.25, -0.2) is 0 Å². The van der Waals surface area contributed by atoms with Crippen molar-refractivity contribution < 1.29 is 63.7 Å². The standard InChI is InChI=1S/2C20H25P.C13H28Si.C10H21ClSi.C3H7.2Fe.Na/c2*1-16(2)19-14-9-15-20(19)21(17-10-5-3-6-11-17)18-12-7-4-8-13-18;1-12(2)8-7-11-14(3,4)13-9-5-6-10-13;1-12(2,9-5-8-11)10-6-3-4-7-10;1-3-2;;;/h2*3-8,10-13,16,19-20H,9,14-15H2,1-2H3;12-13H,5-11H2,1-4H3;10H,3-9H2,1-2H3;3H,1-2H3;;;/q;;;;-1;;;+1. The predicted octanol–water partition coefficient (Wildman–Crippen LogP) is 17.5. The Morgan fingerprint density at radius 2 is 0.743 bits per heavy atom. The summed E-state index contributed by atoms with van der Waals surface area (Å²) in [4.78, 5) is 0. The minimum absolute atomic E-state index is 0. The molecule has 4 aliphatic rings. The second-order valence-corrected chi connectivity index (χ2v) is 40.3. The van der Waals surface area contributed by atoms with Gasteiger partial charge in [0.05, 0.1) is 16.1 Å². The molecule has 0 bridgehead atoms. The summed E-state index contributed by atoms with van der Waals surface area (Å²) in [5.41, 5.74) is 3.98. The predicted molar refractivity (Wildman–Crippen MR) is 334 cm³/mol. The maximum absolute atomic E-state index is 5.74. The molecule has 4 aromatic carbocycles. The molecule has 0 saturated heterocycles. The minimum Gasteiger partial charge on any atom is -0.335 e. The van der Waals surface area contributed by atoms with Crippen molar-refractivity contribution in [2.75, 3.05) is 5.88 Å². The molecule has 0 heterocycles. The van der Waals surface area contributed by atoms with Gasteiger partial charge in [0.25, 0.3) is 0 Å². The molecule has 0 aliphatic heterocycles. The Labute approximate surface area is 512 Å². The second-order valence-electron chi connectivity index (χ2n) is 24.5. The quantitative estimate of drug-likeness (QED) is 0.0428. The van der Waals surface area contributed by atoms with Crippen molar-refractivity contribution in [3.8, 4) is 0 Å². The van der Waals surface area contributed by atoms with Crippen LogP contribution >= 0.6 is 27.4 Å². The Morgan fingerprint density at radius 1 is 0.459 bits per heavy atom. The number of benzene rings is 4. The molecule has 4 aliphatic carbocycles. The van der Waals surface area contributed by atoms with E-state index in [-0.39, 0.29) is 79.5 Å². The van der Waals surface area contributed by atoms with E-state index in [4.69, 9.17) is 11.6 Å². The van der Waals surface area contributed by atoms with E-state index in [0.29, 0.717) is 0 Å². The van der Waals surface area contributed by atoms with Crippen LogP contribution in [0.4, 0.5) is 0 Å². The Bertz CT molecular complexity index is 1740. The van der Waals surface area contributed by atoms with E-state index in [1.54, 1.807) is 40.1 Å². The molecule has 4 fully saturated rings. The van der Waals surface area contributed by atoms with Crippen LogP contribution in [0, 0.1) is 36.0 Å². The van der Waals surface area contributed by atoms with Gasteiger partial charge in [0, 0.05) is 40.0 Å². The monoisotopic (exact) mass is 1190 g/mol. The van der Waals surface area contributed by atoms with Crippen molar-refractivity contribution in [1.29, 1.82) is 0 Å². The molecule has 0 radical (unpaired) electrons. The fourth-order valence-corrected chi connectivity index (χ4v) is 26.9. The van der Waals surface area contributed by atoms with Crippen LogP contribution in [0.5, 0.6) is 0 Å². The third kappa shape index (κ3) is 24.7. The summed E-state index contributed by atoms with van der Waals surface area (Å²) in [6.07, 6.45) is 26.8. The van der Waals surface area contributed by atoms with Crippen LogP contribution in [-0.2, 0) is 34.1 Å². The Kier molecular flexibility index (Phi) is 39.0. The zero-order chi connectivity index (χ0) is 51.7. The third-order valence-corrected chi connectivity index (χ3v) is 32.2. The summed E-state index contributed by atoms with van der Waals surface area (Å²) in [6.45, 7) is 28.7. The molecule has 0 aromatic heterocycles. The zero-order valence-corrected chi connectivity index (χ0v) is 58.2. The van der Waals surface area contributed by atoms with E-state index in [2.05, 4.69) is 189 Å². The van der Waals surface area contributed by atoms with E-state index >= 15 is 0 Å². The van der Waals surface area contributed by atoms with Gasteiger partial charge in [0.2, 0.25) is 0 Å². The van der Waals surface area contributed by atoms with Crippen LogP contribution in [0.25, 0.3) is 0 Å². The number of hydrogen-bond acceptors (Lipinski definition) is 0. The van der Waals surface area contributed by atoms with Crippen LogP contribution in [-0.4, -0.2) is 33.3 Å². The summed E-state index contributed by atoms with van der Waals surface area (Å²) >= 11 is 5.74. The van der Waals surface area contributed by atoms with Gasteiger partial charge < -0.3 is 6.42 Å². The number of hydrogen-bond donors (Lipinski definition) is 0. The number of alkyl halides is 1. The summed E-state index contributed by atoms with van der Waals surface area (Å²) < 4.78 is 0. The van der Waals surface area contributed by atoms with E-state index < -0.39 is 16.1 Å². The average Bonchev–Trinajstić information content (AvgIpc) is 4.23. The maximum atomic E-state index is 5.74. The van der Waals surface area contributed by atoms with Crippen molar-refractivity contribution in [3.63, 3.8) is 0 Å². The smallest absolute Gasteiger partial charge is 0.335 e. The van der Waals surface area contributed by atoms with E-state index in [1.165, 1.54) is 102 Å². The molecule has 4 unspecified atom stereocenters. The minimum atomic E-state index is -0.876. The first-order valence-electron chi connectivity index (χ1n) is 29.2. The fraction of sp³-hybridized carbons (Fsp3) is 0.621. The second kappa shape index (κ2) is 39.8. The van der Waals surface area contributed by atoms with E-state index in [0.717, 1.165) is 57.9 Å². The molecule has 4 atom stereocenters. The molecule has 4 aromatic rings. The average molecular weight is 1190 g/mol. The molecule has 0 spiro atoms. The van der Waals surface area contributed by atoms with Gasteiger partial charge in [-0.3, -0.25) is 0 Å². The molecular weight excluding hydrogens is 1080 g/mol. The molecule has 8 rings (SSSR count). The molecule has 0 amide bonds. The molecule has 412 valence electrons. The van der Waals surface area contributed by atoms with E-state index in [9.17, 15) is 0 Å². The molecule has 4 saturated carbocycles. The van der Waals surface area contributed by atoms with Gasteiger partial charge in [0.15, 0.2) is 0 Å². The fourth-order valence-electron chi connectivity index (χ4n) is 12.9. The molecule has 8 heteroatoms. The zero-order valence-electron chi connectivity index (χ0n) is 49.4. The molecule has 0 N–H and O–H groups in total. The summed E-state index contributed by atoms with van der Waals surface area (Å²) in [6, 6.07) is 47.9. The topological polar surface area (TPSA) is 0 Å². The van der Waals surface area contributed by atoms with E-state index in [1.807, 2.05) is 20.3 Å². The first kappa shape index (κ1) is 72.5. The van der Waals surface area contributed by atoms with Crippen LogP contribution in [0.1, 0.15) is 165 Å². The molecule has 0 nitrogen and oxygen atoms in total. The molecule has 74 heavy (non-hydrogen) atoms. The normalized spacial score (nSPS) is 19.8. The van der Waals surface area contributed by atoms with Crippen molar-refractivity contribution in [3.05, 3.63) is 128 Å². The van der Waals surface area contributed by atoms with Gasteiger partial charge in [-0.1, -0.05) is 278 Å². The molecular formula is C66H106ClFe2NaP2Si2. The summed E-state index contributed by atoms with van der Waals surface area (Å²) in [5.74, 6) is 5.14. The first-order valence-corrected chi connectivity index (χ1v) is 39.2. The maximum Gasteiger partial charge on any atom is 1.00 e. The van der Waals surface area contributed by atoms with Crippen molar-refractivity contribution in [2.45, 2.75) is 225 Å². The van der Waals surface area contributed by atoms with Crippen molar-refractivity contribution in [2.24, 2.45) is 29.6 Å². The van der Waals surface area contributed by atoms with Crippen LogP contribution in [0.2, 0.25) is 49.4 Å². The Morgan fingerprint density at radius 3 is 1.00 bits per heavy atom. The van der Waals surface area contributed by atoms with Crippen LogP contribution < -0.4 is 50.8 Å². The van der Waals surface area contributed by atoms with Crippen LogP contribution in [0.15, 0.2) is 121 Å². The largest absolute Gasteiger partial charge is 1.00 e. The Hall–Kier alpha value is 0.503. The van der Waals surface area contributed by atoms with Gasteiger partial charge in [0.1, 0.15) is 0 Å². The number of halogens is 1. The first-order chi connectivity index (χ1) is 34.1. The number of rotatable bonds is 17.